The van der Waals surface area contributed by atoms with E-state index in [1.165, 1.54) is 30.0 Å². The zero-order chi connectivity index (χ0) is 22.0. The number of carbonyl (C=O) groups excluding carboxylic acids is 1. The van der Waals surface area contributed by atoms with Crippen LogP contribution in [-0.4, -0.2) is 12.1 Å². The summed E-state index contributed by atoms with van der Waals surface area (Å²) in [6.07, 6.45) is 9.72. The van der Waals surface area contributed by atoms with Crippen LogP contribution >= 0.6 is 0 Å². The standard InChI is InChI=1S/C27H30N2O2/c1-16(30)31-21-6-8-26(2)20(13-21)4-5-22-23(26)7-9-27(3)24(22)12-18-10-17(14-28)11-19(15-29)25(18)27/h4,10-11,21-24H,5-9,12-13H2,1-3H3/t21-,22+,23-,24-,26-,27-/m0/s1. The van der Waals surface area contributed by atoms with Crippen molar-refractivity contribution in [1.29, 1.82) is 10.5 Å². The van der Waals surface area contributed by atoms with E-state index in [4.69, 9.17) is 4.74 Å². The lowest BCUT2D eigenvalue weighted by Gasteiger charge is -2.57. The third-order valence-electron chi connectivity index (χ3n) is 9.26. The molecule has 0 bridgehead atoms. The number of hydrogen-bond acceptors (Lipinski definition) is 4. The highest BCUT2D eigenvalue weighted by Crippen LogP contribution is 2.64. The molecule has 4 aliphatic rings. The van der Waals surface area contributed by atoms with Crippen molar-refractivity contribution < 1.29 is 9.53 Å². The highest BCUT2D eigenvalue weighted by molar-refractivity contribution is 5.66. The summed E-state index contributed by atoms with van der Waals surface area (Å²) in [5.41, 5.74) is 5.46. The largest absolute Gasteiger partial charge is 0.462 e. The molecule has 0 heterocycles. The molecule has 0 spiro atoms. The van der Waals surface area contributed by atoms with Crippen molar-refractivity contribution in [3.8, 4) is 12.1 Å². The van der Waals surface area contributed by atoms with Gasteiger partial charge in [-0.1, -0.05) is 25.5 Å². The summed E-state index contributed by atoms with van der Waals surface area (Å²) in [5.74, 6) is 1.58. The molecule has 0 saturated heterocycles. The van der Waals surface area contributed by atoms with E-state index < -0.39 is 0 Å². The molecular formula is C27H30N2O2. The smallest absolute Gasteiger partial charge is 0.302 e. The van der Waals surface area contributed by atoms with Gasteiger partial charge in [0.25, 0.3) is 0 Å². The van der Waals surface area contributed by atoms with Crippen LogP contribution in [0, 0.1) is 45.8 Å². The number of nitrogens with zero attached hydrogens (tertiary/aromatic N) is 2. The molecule has 0 aromatic heterocycles. The minimum absolute atomic E-state index is 0.0200. The van der Waals surface area contributed by atoms with Crippen molar-refractivity contribution in [2.75, 3.05) is 0 Å². The van der Waals surface area contributed by atoms with Gasteiger partial charge in [-0.2, -0.15) is 10.5 Å². The molecule has 4 heteroatoms. The lowest BCUT2D eigenvalue weighted by molar-refractivity contribution is -0.148. The van der Waals surface area contributed by atoms with Gasteiger partial charge in [0.1, 0.15) is 6.10 Å². The van der Waals surface area contributed by atoms with Crippen LogP contribution < -0.4 is 0 Å². The monoisotopic (exact) mass is 414 g/mol. The first-order valence-corrected chi connectivity index (χ1v) is 11.6. The van der Waals surface area contributed by atoms with E-state index in [9.17, 15) is 15.3 Å². The van der Waals surface area contributed by atoms with E-state index in [1.807, 2.05) is 6.07 Å². The molecule has 1 aromatic carbocycles. The molecule has 4 aliphatic carbocycles. The van der Waals surface area contributed by atoms with Crippen LogP contribution in [0.5, 0.6) is 0 Å². The Hall–Kier alpha value is -2.59. The van der Waals surface area contributed by atoms with Crippen LogP contribution in [0.1, 0.15) is 81.5 Å². The molecule has 2 fully saturated rings. The second-order valence-electron chi connectivity index (χ2n) is 10.7. The lowest BCUT2D eigenvalue weighted by atomic mass is 9.47. The number of nitriles is 2. The topological polar surface area (TPSA) is 73.9 Å². The Morgan fingerprint density at radius 3 is 2.55 bits per heavy atom. The SMILES string of the molecule is CC(=O)O[C@H]1CC[C@@]2(C)C(=CC[C@@H]3[C@@H]2CC[C@]2(C)c4c(C#N)cc(C#N)cc4C[C@@H]32)C1. The Balaban J connectivity index is 1.49. The van der Waals surface area contributed by atoms with Crippen molar-refractivity contribution in [3.63, 3.8) is 0 Å². The minimum Gasteiger partial charge on any atom is -0.462 e. The number of hydrogen-bond donors (Lipinski definition) is 0. The van der Waals surface area contributed by atoms with Gasteiger partial charge >= 0.3 is 5.97 Å². The van der Waals surface area contributed by atoms with Crippen molar-refractivity contribution in [3.05, 3.63) is 46.0 Å². The van der Waals surface area contributed by atoms with Gasteiger partial charge in [-0.05, 0) is 90.4 Å². The van der Waals surface area contributed by atoms with Gasteiger partial charge in [0.2, 0.25) is 0 Å². The summed E-state index contributed by atoms with van der Waals surface area (Å²) < 4.78 is 5.56. The number of fused-ring (bicyclic) bond motifs is 7. The van der Waals surface area contributed by atoms with Crippen LogP contribution in [0.2, 0.25) is 0 Å². The molecule has 2 saturated carbocycles. The summed E-state index contributed by atoms with van der Waals surface area (Å²) in [4.78, 5) is 11.5. The van der Waals surface area contributed by atoms with Gasteiger partial charge in [0.05, 0.1) is 23.3 Å². The average Bonchev–Trinajstić information content (AvgIpc) is 3.05. The summed E-state index contributed by atoms with van der Waals surface area (Å²) in [5, 5.41) is 19.3. The second kappa shape index (κ2) is 6.96. The van der Waals surface area contributed by atoms with E-state index >= 15 is 0 Å². The molecule has 160 valence electrons. The number of esters is 1. The van der Waals surface area contributed by atoms with Crippen LogP contribution in [-0.2, 0) is 21.4 Å². The molecule has 1 aromatic rings. The fourth-order valence-electron chi connectivity index (χ4n) is 7.90. The molecule has 0 unspecified atom stereocenters. The van der Waals surface area contributed by atoms with Gasteiger partial charge in [0, 0.05) is 13.3 Å². The van der Waals surface area contributed by atoms with Gasteiger partial charge in [-0.3, -0.25) is 4.79 Å². The predicted octanol–water partition coefficient (Wildman–Crippen LogP) is 5.34. The highest BCUT2D eigenvalue weighted by Gasteiger charge is 2.58. The number of benzene rings is 1. The third-order valence-corrected chi connectivity index (χ3v) is 9.26. The van der Waals surface area contributed by atoms with Gasteiger partial charge in [0.15, 0.2) is 0 Å². The Morgan fingerprint density at radius 1 is 1.06 bits per heavy atom. The van der Waals surface area contributed by atoms with Crippen LogP contribution in [0.15, 0.2) is 23.8 Å². The maximum atomic E-state index is 11.5. The van der Waals surface area contributed by atoms with E-state index in [-0.39, 0.29) is 22.9 Å². The summed E-state index contributed by atoms with van der Waals surface area (Å²) >= 11 is 0. The second-order valence-corrected chi connectivity index (χ2v) is 10.7. The number of carbonyl (C=O) groups is 1. The van der Waals surface area contributed by atoms with Gasteiger partial charge in [-0.15, -0.1) is 0 Å². The molecule has 6 atom stereocenters. The van der Waals surface area contributed by atoms with Gasteiger partial charge in [-0.25, -0.2) is 0 Å². The maximum absolute atomic E-state index is 11.5. The fraction of sp³-hybridized carbons (Fsp3) is 0.593. The zero-order valence-corrected chi connectivity index (χ0v) is 18.7. The van der Waals surface area contributed by atoms with Crippen LogP contribution in [0.25, 0.3) is 0 Å². The molecular weight excluding hydrogens is 384 g/mol. The van der Waals surface area contributed by atoms with E-state index in [0.717, 1.165) is 38.5 Å². The number of rotatable bonds is 1. The molecule has 0 amide bonds. The van der Waals surface area contributed by atoms with E-state index in [0.29, 0.717) is 28.9 Å². The molecule has 0 radical (unpaired) electrons. The normalized spacial score (nSPS) is 37.8. The Morgan fingerprint density at radius 2 is 1.84 bits per heavy atom. The molecule has 4 nitrogen and oxygen atoms in total. The van der Waals surface area contributed by atoms with E-state index in [1.54, 1.807) is 6.07 Å². The van der Waals surface area contributed by atoms with Crippen molar-refractivity contribution in [1.82, 2.24) is 0 Å². The Labute approximate surface area is 184 Å². The molecule has 5 rings (SSSR count). The summed E-state index contributed by atoms with van der Waals surface area (Å²) in [6, 6.07) is 8.47. The highest BCUT2D eigenvalue weighted by atomic mass is 16.5. The third kappa shape index (κ3) is 2.88. The number of allylic oxidation sites excluding steroid dienone is 1. The summed E-state index contributed by atoms with van der Waals surface area (Å²) in [7, 11) is 0. The summed E-state index contributed by atoms with van der Waals surface area (Å²) in [6.45, 7) is 6.32. The predicted molar refractivity (Wildman–Crippen MR) is 117 cm³/mol. The average molecular weight is 415 g/mol. The minimum atomic E-state index is -0.176. The Kier molecular flexibility index (Phi) is 4.56. The van der Waals surface area contributed by atoms with Crippen molar-refractivity contribution in [2.24, 2.45) is 23.2 Å². The van der Waals surface area contributed by atoms with Crippen LogP contribution in [0.4, 0.5) is 0 Å². The maximum Gasteiger partial charge on any atom is 0.302 e. The first kappa shape index (κ1) is 20.3. The van der Waals surface area contributed by atoms with E-state index in [2.05, 4.69) is 32.1 Å². The first-order chi connectivity index (χ1) is 14.8. The first-order valence-electron chi connectivity index (χ1n) is 11.6. The number of ether oxygens (including phenoxy) is 1. The lowest BCUT2D eigenvalue weighted by Crippen LogP contribution is -2.51. The molecule has 0 N–H and O–H groups in total. The van der Waals surface area contributed by atoms with Crippen LogP contribution in [0.3, 0.4) is 0 Å². The van der Waals surface area contributed by atoms with Gasteiger partial charge < -0.3 is 4.74 Å². The van der Waals surface area contributed by atoms with Crippen molar-refractivity contribution in [2.45, 2.75) is 77.2 Å². The quantitative estimate of drug-likeness (QED) is 0.459. The Bertz CT molecular complexity index is 1070. The molecule has 0 aliphatic heterocycles. The molecule has 31 heavy (non-hydrogen) atoms. The fourth-order valence-corrected chi connectivity index (χ4v) is 7.90. The zero-order valence-electron chi connectivity index (χ0n) is 18.7. The van der Waals surface area contributed by atoms with Crippen molar-refractivity contribution >= 4 is 5.97 Å².